The molecule has 0 unspecified atom stereocenters. The SMILES string of the molecule is CCOC(=O)CN(C)S(=O)(=O)c1cc(Br)ccc1OC. The number of hydrogen-bond donors (Lipinski definition) is 0. The zero-order chi connectivity index (χ0) is 15.3. The quantitative estimate of drug-likeness (QED) is 0.716. The summed E-state index contributed by atoms with van der Waals surface area (Å²) in [5.41, 5.74) is 0. The average molecular weight is 366 g/mol. The summed E-state index contributed by atoms with van der Waals surface area (Å²) in [7, 11) is -1.15. The monoisotopic (exact) mass is 365 g/mol. The lowest BCUT2D eigenvalue weighted by Gasteiger charge is -2.18. The molecule has 0 atom stereocenters. The van der Waals surface area contributed by atoms with Crippen molar-refractivity contribution in [2.45, 2.75) is 11.8 Å². The van der Waals surface area contributed by atoms with Crippen LogP contribution < -0.4 is 4.74 Å². The molecule has 0 radical (unpaired) electrons. The number of nitrogens with zero attached hydrogens (tertiary/aromatic N) is 1. The van der Waals surface area contributed by atoms with E-state index in [1.165, 1.54) is 26.3 Å². The Kier molecular flexibility index (Phi) is 5.97. The zero-order valence-corrected chi connectivity index (χ0v) is 13.8. The minimum atomic E-state index is -3.84. The summed E-state index contributed by atoms with van der Waals surface area (Å²) < 4.78 is 36.2. The number of ether oxygens (including phenoxy) is 2. The Morgan fingerprint density at radius 2 is 2.05 bits per heavy atom. The molecule has 1 aromatic rings. The van der Waals surface area contributed by atoms with Crippen LogP contribution in [0.15, 0.2) is 27.6 Å². The maximum atomic E-state index is 12.4. The number of benzene rings is 1. The van der Waals surface area contributed by atoms with E-state index in [1.54, 1.807) is 13.0 Å². The topological polar surface area (TPSA) is 72.9 Å². The van der Waals surface area contributed by atoms with E-state index >= 15 is 0 Å². The molecule has 6 nitrogen and oxygen atoms in total. The zero-order valence-electron chi connectivity index (χ0n) is 11.4. The number of halogens is 1. The Hall–Kier alpha value is -1.12. The molecule has 0 aromatic heterocycles. The molecule has 0 aliphatic rings. The van der Waals surface area contributed by atoms with Crippen molar-refractivity contribution in [2.75, 3.05) is 27.3 Å². The number of esters is 1. The van der Waals surface area contributed by atoms with Gasteiger partial charge in [0.2, 0.25) is 10.0 Å². The number of likely N-dealkylation sites (N-methyl/N-ethyl adjacent to an activating group) is 1. The molecule has 0 aliphatic heterocycles. The second kappa shape index (κ2) is 7.05. The van der Waals surface area contributed by atoms with Crippen LogP contribution in [0.2, 0.25) is 0 Å². The molecular weight excluding hydrogens is 350 g/mol. The van der Waals surface area contributed by atoms with E-state index < -0.39 is 16.0 Å². The van der Waals surface area contributed by atoms with Gasteiger partial charge in [-0.3, -0.25) is 4.79 Å². The van der Waals surface area contributed by atoms with Crippen LogP contribution >= 0.6 is 15.9 Å². The van der Waals surface area contributed by atoms with Crippen LogP contribution in [-0.4, -0.2) is 46.0 Å². The third-order valence-electron chi connectivity index (χ3n) is 2.47. The number of sulfonamides is 1. The van der Waals surface area contributed by atoms with Crippen LogP contribution in [0.3, 0.4) is 0 Å². The van der Waals surface area contributed by atoms with Gasteiger partial charge in [-0.2, -0.15) is 4.31 Å². The number of rotatable bonds is 6. The van der Waals surface area contributed by atoms with Crippen LogP contribution in [0.4, 0.5) is 0 Å². The van der Waals surface area contributed by atoms with Gasteiger partial charge >= 0.3 is 5.97 Å². The highest BCUT2D eigenvalue weighted by molar-refractivity contribution is 9.10. The maximum absolute atomic E-state index is 12.4. The highest BCUT2D eigenvalue weighted by atomic mass is 79.9. The summed E-state index contributed by atoms with van der Waals surface area (Å²) >= 11 is 3.21. The lowest BCUT2D eigenvalue weighted by atomic mass is 10.3. The van der Waals surface area contributed by atoms with Crippen molar-refractivity contribution in [1.82, 2.24) is 4.31 Å². The highest BCUT2D eigenvalue weighted by Crippen LogP contribution is 2.29. The van der Waals surface area contributed by atoms with Gasteiger partial charge in [-0.1, -0.05) is 15.9 Å². The third-order valence-corrected chi connectivity index (χ3v) is 4.79. The van der Waals surface area contributed by atoms with Gasteiger partial charge in [-0.25, -0.2) is 8.42 Å². The molecule has 1 rings (SSSR count). The molecule has 0 aliphatic carbocycles. The largest absolute Gasteiger partial charge is 0.495 e. The Morgan fingerprint density at radius 1 is 1.40 bits per heavy atom. The smallest absolute Gasteiger partial charge is 0.321 e. The maximum Gasteiger partial charge on any atom is 0.321 e. The van der Waals surface area contributed by atoms with Crippen LogP contribution in [-0.2, 0) is 19.6 Å². The van der Waals surface area contributed by atoms with E-state index in [0.717, 1.165) is 4.31 Å². The molecule has 0 N–H and O–H groups in total. The molecule has 0 spiro atoms. The molecule has 0 amide bonds. The van der Waals surface area contributed by atoms with Crippen LogP contribution in [0.5, 0.6) is 5.75 Å². The number of methoxy groups -OCH3 is 1. The van der Waals surface area contributed by atoms with Gasteiger partial charge in [-0.05, 0) is 25.1 Å². The van der Waals surface area contributed by atoms with Gasteiger partial charge in [0.05, 0.1) is 13.7 Å². The number of carbonyl (C=O) groups excluding carboxylic acids is 1. The van der Waals surface area contributed by atoms with Gasteiger partial charge in [0.25, 0.3) is 0 Å². The van der Waals surface area contributed by atoms with Crippen molar-refractivity contribution in [3.05, 3.63) is 22.7 Å². The summed E-state index contributed by atoms with van der Waals surface area (Å²) in [6.07, 6.45) is 0. The molecule has 20 heavy (non-hydrogen) atoms. The molecule has 0 saturated carbocycles. The van der Waals surface area contributed by atoms with Crippen molar-refractivity contribution >= 4 is 31.9 Å². The van der Waals surface area contributed by atoms with Gasteiger partial charge < -0.3 is 9.47 Å². The lowest BCUT2D eigenvalue weighted by molar-refractivity contribution is -0.143. The first-order valence-corrected chi connectivity index (χ1v) is 8.01. The molecule has 0 heterocycles. The van der Waals surface area contributed by atoms with Crippen molar-refractivity contribution < 1.29 is 22.7 Å². The minimum Gasteiger partial charge on any atom is -0.495 e. The first kappa shape index (κ1) is 16.9. The fourth-order valence-corrected chi connectivity index (χ4v) is 3.30. The van der Waals surface area contributed by atoms with Crippen molar-refractivity contribution in [3.8, 4) is 5.75 Å². The molecular formula is C12H16BrNO5S. The van der Waals surface area contributed by atoms with Gasteiger partial charge in [0.1, 0.15) is 17.2 Å². The predicted octanol–water partition coefficient (Wildman–Crippen LogP) is 1.64. The minimum absolute atomic E-state index is 0.0128. The Morgan fingerprint density at radius 3 is 2.60 bits per heavy atom. The van der Waals surface area contributed by atoms with Crippen molar-refractivity contribution in [3.63, 3.8) is 0 Å². The van der Waals surface area contributed by atoms with E-state index in [2.05, 4.69) is 15.9 Å². The van der Waals surface area contributed by atoms with Gasteiger partial charge in [0, 0.05) is 11.5 Å². The van der Waals surface area contributed by atoms with E-state index in [1.807, 2.05) is 0 Å². The molecule has 0 bridgehead atoms. The first-order valence-electron chi connectivity index (χ1n) is 5.78. The Labute approximate surface area is 126 Å². The molecule has 0 fully saturated rings. The van der Waals surface area contributed by atoms with Gasteiger partial charge in [-0.15, -0.1) is 0 Å². The summed E-state index contributed by atoms with van der Waals surface area (Å²) in [6.45, 7) is 1.50. The molecule has 1 aromatic carbocycles. The Bertz CT molecular complexity index is 588. The van der Waals surface area contributed by atoms with Crippen molar-refractivity contribution in [2.24, 2.45) is 0 Å². The Balaban J connectivity index is 3.10. The van der Waals surface area contributed by atoms with Crippen LogP contribution in [0.1, 0.15) is 6.92 Å². The normalized spacial score (nSPS) is 11.4. The first-order chi connectivity index (χ1) is 9.32. The second-order valence-electron chi connectivity index (χ2n) is 3.86. The number of carbonyl (C=O) groups is 1. The van der Waals surface area contributed by atoms with Gasteiger partial charge in [0.15, 0.2) is 0 Å². The van der Waals surface area contributed by atoms with E-state index in [-0.39, 0.29) is 23.8 Å². The lowest BCUT2D eigenvalue weighted by Crippen LogP contribution is -2.33. The van der Waals surface area contributed by atoms with E-state index in [0.29, 0.717) is 4.47 Å². The van der Waals surface area contributed by atoms with Crippen LogP contribution in [0.25, 0.3) is 0 Å². The summed E-state index contributed by atoms with van der Waals surface area (Å²) in [6, 6.07) is 4.63. The molecule has 0 saturated heterocycles. The standard InChI is InChI=1S/C12H16BrNO5S/c1-4-19-12(15)8-14(2)20(16,17)11-7-9(13)5-6-10(11)18-3/h5-7H,4,8H2,1-3H3. The van der Waals surface area contributed by atoms with E-state index in [4.69, 9.17) is 9.47 Å². The number of hydrogen-bond acceptors (Lipinski definition) is 5. The summed E-state index contributed by atoms with van der Waals surface area (Å²) in [5.74, 6) is -0.392. The average Bonchev–Trinajstić information content (AvgIpc) is 2.38. The van der Waals surface area contributed by atoms with Crippen molar-refractivity contribution in [1.29, 1.82) is 0 Å². The second-order valence-corrected chi connectivity index (χ2v) is 6.79. The highest BCUT2D eigenvalue weighted by Gasteiger charge is 2.27. The van der Waals surface area contributed by atoms with E-state index in [9.17, 15) is 13.2 Å². The van der Waals surface area contributed by atoms with Crippen LogP contribution in [0, 0.1) is 0 Å². The fourth-order valence-electron chi connectivity index (χ4n) is 1.49. The summed E-state index contributed by atoms with van der Waals surface area (Å²) in [4.78, 5) is 11.4. The fraction of sp³-hybridized carbons (Fsp3) is 0.417. The summed E-state index contributed by atoms with van der Waals surface area (Å²) in [5, 5.41) is 0. The molecule has 112 valence electrons. The molecule has 8 heteroatoms. The third kappa shape index (κ3) is 3.94. The predicted molar refractivity (Wildman–Crippen MR) is 77.1 cm³/mol.